The fraction of sp³-hybridized carbons (Fsp3) is 0.667. The maximum Gasteiger partial charge on any atom is 0.0273 e. The zero-order chi connectivity index (χ0) is 14.8. The van der Waals surface area contributed by atoms with E-state index in [9.17, 15) is 0 Å². The predicted molar refractivity (Wildman–Crippen MR) is 86.7 cm³/mol. The van der Waals surface area contributed by atoms with Crippen LogP contribution in [-0.4, -0.2) is 30.1 Å². The first-order chi connectivity index (χ1) is 9.38. The molecule has 0 aliphatic carbocycles. The number of nitrogens with one attached hydrogen (secondary N) is 1. The van der Waals surface area contributed by atoms with Crippen molar-refractivity contribution < 1.29 is 0 Å². The smallest absolute Gasteiger partial charge is 0.0273 e. The van der Waals surface area contributed by atoms with Crippen LogP contribution in [0.5, 0.6) is 0 Å². The molecule has 2 unspecified atom stereocenters. The second kappa shape index (κ2) is 6.28. The first-order valence-corrected chi connectivity index (χ1v) is 7.89. The molecule has 1 aromatic rings. The third-order valence-corrected chi connectivity index (χ3v) is 4.48. The standard InChI is InChI=1S/C18H30N2/c1-14(2)16-13-20(12-15-9-7-6-8-10-15)17(11-19-16)18(3,4)5/h6-10,14,16-17,19H,11-13H2,1-5H3. The molecule has 1 fully saturated rings. The van der Waals surface area contributed by atoms with E-state index in [1.165, 1.54) is 5.56 Å². The minimum atomic E-state index is 0.309. The lowest BCUT2D eigenvalue weighted by Crippen LogP contribution is -2.61. The highest BCUT2D eigenvalue weighted by molar-refractivity contribution is 5.15. The van der Waals surface area contributed by atoms with Gasteiger partial charge in [0.2, 0.25) is 0 Å². The van der Waals surface area contributed by atoms with Gasteiger partial charge >= 0.3 is 0 Å². The van der Waals surface area contributed by atoms with Crippen molar-refractivity contribution in [1.29, 1.82) is 0 Å². The van der Waals surface area contributed by atoms with Gasteiger partial charge in [-0.1, -0.05) is 65.0 Å². The molecule has 0 aromatic heterocycles. The van der Waals surface area contributed by atoms with Crippen molar-refractivity contribution >= 4 is 0 Å². The molecule has 0 amide bonds. The van der Waals surface area contributed by atoms with E-state index in [2.05, 4.69) is 75.2 Å². The quantitative estimate of drug-likeness (QED) is 0.907. The number of piperazine rings is 1. The van der Waals surface area contributed by atoms with Crippen molar-refractivity contribution in [3.8, 4) is 0 Å². The fourth-order valence-electron chi connectivity index (χ4n) is 3.13. The Kier molecular flexibility index (Phi) is 4.87. The number of rotatable bonds is 3. The highest BCUT2D eigenvalue weighted by Gasteiger charge is 2.36. The van der Waals surface area contributed by atoms with Gasteiger partial charge in [-0.3, -0.25) is 4.90 Å². The average molecular weight is 274 g/mol. The van der Waals surface area contributed by atoms with Crippen LogP contribution in [0.15, 0.2) is 30.3 Å². The molecule has 1 aliphatic heterocycles. The van der Waals surface area contributed by atoms with Gasteiger partial charge in [0.05, 0.1) is 0 Å². The molecular weight excluding hydrogens is 244 g/mol. The molecular formula is C18H30N2. The summed E-state index contributed by atoms with van der Waals surface area (Å²) in [5, 5.41) is 3.75. The van der Waals surface area contributed by atoms with Crippen molar-refractivity contribution in [2.45, 2.75) is 53.2 Å². The Morgan fingerprint density at radius 1 is 1.20 bits per heavy atom. The van der Waals surface area contributed by atoms with Gasteiger partial charge in [-0.25, -0.2) is 0 Å². The van der Waals surface area contributed by atoms with E-state index in [-0.39, 0.29) is 0 Å². The summed E-state index contributed by atoms with van der Waals surface area (Å²) in [4.78, 5) is 2.68. The molecule has 0 spiro atoms. The molecule has 1 saturated heterocycles. The topological polar surface area (TPSA) is 15.3 Å². The van der Waals surface area contributed by atoms with Gasteiger partial charge in [0, 0.05) is 31.7 Å². The Labute approximate surface area is 124 Å². The summed E-state index contributed by atoms with van der Waals surface area (Å²) in [5.41, 5.74) is 1.73. The summed E-state index contributed by atoms with van der Waals surface area (Å²) >= 11 is 0. The van der Waals surface area contributed by atoms with Crippen molar-refractivity contribution in [1.82, 2.24) is 10.2 Å². The highest BCUT2D eigenvalue weighted by atomic mass is 15.2. The van der Waals surface area contributed by atoms with E-state index in [0.717, 1.165) is 19.6 Å². The second-order valence-electron chi connectivity index (χ2n) is 7.56. The highest BCUT2D eigenvalue weighted by Crippen LogP contribution is 2.28. The van der Waals surface area contributed by atoms with Gasteiger partial charge in [-0.15, -0.1) is 0 Å². The van der Waals surface area contributed by atoms with Gasteiger partial charge in [0.25, 0.3) is 0 Å². The fourth-order valence-corrected chi connectivity index (χ4v) is 3.13. The van der Waals surface area contributed by atoms with E-state index in [0.29, 0.717) is 23.4 Å². The van der Waals surface area contributed by atoms with Gasteiger partial charge in [-0.2, -0.15) is 0 Å². The Bertz CT molecular complexity index is 405. The normalized spacial score (nSPS) is 25.1. The minimum Gasteiger partial charge on any atom is -0.311 e. The van der Waals surface area contributed by atoms with Gasteiger partial charge in [0.1, 0.15) is 0 Å². The van der Waals surface area contributed by atoms with Crippen LogP contribution in [0.25, 0.3) is 0 Å². The molecule has 0 saturated carbocycles. The Balaban J connectivity index is 2.13. The summed E-state index contributed by atoms with van der Waals surface area (Å²) < 4.78 is 0. The molecule has 112 valence electrons. The zero-order valence-electron chi connectivity index (χ0n) is 13.7. The SMILES string of the molecule is CC(C)C1CN(Cc2ccccc2)C(C(C)(C)C)CN1. The lowest BCUT2D eigenvalue weighted by Gasteiger charge is -2.47. The third-order valence-electron chi connectivity index (χ3n) is 4.48. The molecule has 2 nitrogen and oxygen atoms in total. The lowest BCUT2D eigenvalue weighted by molar-refractivity contribution is 0.0400. The summed E-state index contributed by atoms with van der Waals surface area (Å²) in [6.07, 6.45) is 0. The first kappa shape index (κ1) is 15.5. The summed E-state index contributed by atoms with van der Waals surface area (Å²) in [6, 6.07) is 12.1. The van der Waals surface area contributed by atoms with Crippen molar-refractivity contribution in [2.24, 2.45) is 11.3 Å². The maximum atomic E-state index is 3.75. The third kappa shape index (κ3) is 3.83. The second-order valence-corrected chi connectivity index (χ2v) is 7.56. The average Bonchev–Trinajstić information content (AvgIpc) is 2.38. The minimum absolute atomic E-state index is 0.309. The monoisotopic (exact) mass is 274 g/mol. The molecule has 2 rings (SSSR count). The maximum absolute atomic E-state index is 3.75. The molecule has 0 radical (unpaired) electrons. The molecule has 1 N–H and O–H groups in total. The van der Waals surface area contributed by atoms with E-state index < -0.39 is 0 Å². The van der Waals surface area contributed by atoms with Crippen LogP contribution in [0.1, 0.15) is 40.2 Å². The van der Waals surface area contributed by atoms with Gasteiger partial charge < -0.3 is 5.32 Å². The number of benzene rings is 1. The van der Waals surface area contributed by atoms with E-state index in [4.69, 9.17) is 0 Å². The molecule has 20 heavy (non-hydrogen) atoms. The predicted octanol–water partition coefficient (Wildman–Crippen LogP) is 3.53. The largest absolute Gasteiger partial charge is 0.311 e. The van der Waals surface area contributed by atoms with Crippen LogP contribution in [-0.2, 0) is 6.54 Å². The number of hydrogen-bond acceptors (Lipinski definition) is 2. The van der Waals surface area contributed by atoms with E-state index in [1.807, 2.05) is 0 Å². The molecule has 2 heteroatoms. The van der Waals surface area contributed by atoms with Crippen molar-refractivity contribution in [3.05, 3.63) is 35.9 Å². The Morgan fingerprint density at radius 2 is 1.85 bits per heavy atom. The van der Waals surface area contributed by atoms with Crippen LogP contribution in [0, 0.1) is 11.3 Å². The van der Waals surface area contributed by atoms with Crippen LogP contribution in [0.3, 0.4) is 0 Å². The van der Waals surface area contributed by atoms with Crippen LogP contribution >= 0.6 is 0 Å². The van der Waals surface area contributed by atoms with E-state index in [1.54, 1.807) is 0 Å². The van der Waals surface area contributed by atoms with Crippen molar-refractivity contribution in [2.75, 3.05) is 13.1 Å². The molecule has 1 heterocycles. The van der Waals surface area contributed by atoms with Crippen LogP contribution in [0.2, 0.25) is 0 Å². The van der Waals surface area contributed by atoms with Gasteiger partial charge in [0.15, 0.2) is 0 Å². The molecule has 1 aromatic carbocycles. The first-order valence-electron chi connectivity index (χ1n) is 7.89. The Hall–Kier alpha value is -0.860. The molecule has 0 bridgehead atoms. The van der Waals surface area contributed by atoms with E-state index >= 15 is 0 Å². The van der Waals surface area contributed by atoms with Crippen LogP contribution in [0.4, 0.5) is 0 Å². The van der Waals surface area contributed by atoms with Gasteiger partial charge in [-0.05, 0) is 16.9 Å². The van der Waals surface area contributed by atoms with Crippen molar-refractivity contribution in [3.63, 3.8) is 0 Å². The summed E-state index contributed by atoms with van der Waals surface area (Å²) in [7, 11) is 0. The Morgan fingerprint density at radius 3 is 2.40 bits per heavy atom. The molecule has 1 aliphatic rings. The summed E-state index contributed by atoms with van der Waals surface area (Å²) in [6.45, 7) is 15.0. The number of nitrogens with zero attached hydrogens (tertiary/aromatic N) is 1. The van der Waals surface area contributed by atoms with Crippen LogP contribution < -0.4 is 5.32 Å². The lowest BCUT2D eigenvalue weighted by atomic mass is 9.82. The molecule has 2 atom stereocenters. The summed E-state index contributed by atoms with van der Waals surface area (Å²) in [5.74, 6) is 0.689. The zero-order valence-corrected chi connectivity index (χ0v) is 13.7. The number of hydrogen-bond donors (Lipinski definition) is 1.